The van der Waals surface area contributed by atoms with E-state index >= 15 is 0 Å². The summed E-state index contributed by atoms with van der Waals surface area (Å²) in [6, 6.07) is 16.7. The molecule has 27 heavy (non-hydrogen) atoms. The summed E-state index contributed by atoms with van der Waals surface area (Å²) in [5.74, 6) is -1.23. The van der Waals surface area contributed by atoms with E-state index in [1.54, 1.807) is 41.8 Å². The molecule has 1 amide bonds. The van der Waals surface area contributed by atoms with Crippen molar-refractivity contribution in [2.45, 2.75) is 16.7 Å². The second kappa shape index (κ2) is 8.43. The van der Waals surface area contributed by atoms with Gasteiger partial charge in [-0.2, -0.15) is 4.72 Å². The Labute approximate surface area is 160 Å². The third kappa shape index (κ3) is 5.00. The van der Waals surface area contributed by atoms with Gasteiger partial charge >= 0.3 is 0 Å². The molecule has 0 bridgehead atoms. The molecule has 0 aliphatic rings. The Morgan fingerprint density at radius 3 is 2.37 bits per heavy atom. The maximum absolute atomic E-state index is 13.8. The van der Waals surface area contributed by atoms with Gasteiger partial charge in [0, 0.05) is 0 Å². The van der Waals surface area contributed by atoms with Crippen LogP contribution in [-0.4, -0.2) is 20.4 Å². The minimum absolute atomic E-state index is 0.00381. The summed E-state index contributed by atoms with van der Waals surface area (Å²) >= 11 is 1.05. The second-order valence-corrected chi connectivity index (χ2v) is 8.65. The smallest absolute Gasteiger partial charge is 0.250 e. The number of halogens is 1. The topological polar surface area (TPSA) is 75.3 Å². The Bertz CT molecular complexity index is 1010. The van der Waals surface area contributed by atoms with Crippen molar-refractivity contribution in [3.05, 3.63) is 83.5 Å². The van der Waals surface area contributed by atoms with Crippen molar-refractivity contribution in [1.82, 2.24) is 4.72 Å². The SMILES string of the molecule is O=C(Nc1ccccc1F)C(Cc1ccccc1)NS(=O)(=O)c1cccs1. The maximum atomic E-state index is 13.8. The van der Waals surface area contributed by atoms with E-state index in [4.69, 9.17) is 0 Å². The molecule has 0 radical (unpaired) electrons. The van der Waals surface area contributed by atoms with E-state index in [1.807, 2.05) is 6.07 Å². The van der Waals surface area contributed by atoms with E-state index in [-0.39, 0.29) is 16.3 Å². The Morgan fingerprint density at radius 1 is 1.00 bits per heavy atom. The minimum Gasteiger partial charge on any atom is -0.322 e. The Morgan fingerprint density at radius 2 is 1.70 bits per heavy atom. The summed E-state index contributed by atoms with van der Waals surface area (Å²) in [6.07, 6.45) is 0.131. The van der Waals surface area contributed by atoms with Crippen LogP contribution in [0.4, 0.5) is 10.1 Å². The first-order valence-electron chi connectivity index (χ1n) is 8.11. The second-order valence-electron chi connectivity index (χ2n) is 5.76. The molecule has 1 heterocycles. The number of thiophene rings is 1. The van der Waals surface area contributed by atoms with Crippen LogP contribution in [0, 0.1) is 5.82 Å². The molecule has 0 aliphatic carbocycles. The molecule has 1 atom stereocenters. The van der Waals surface area contributed by atoms with Crippen LogP contribution < -0.4 is 10.0 Å². The molecular weight excluding hydrogens is 387 g/mol. The molecule has 2 N–H and O–H groups in total. The first-order chi connectivity index (χ1) is 13.0. The lowest BCUT2D eigenvalue weighted by Crippen LogP contribution is -2.45. The molecule has 0 spiro atoms. The zero-order chi connectivity index (χ0) is 19.3. The number of hydrogen-bond acceptors (Lipinski definition) is 4. The largest absolute Gasteiger partial charge is 0.322 e. The zero-order valence-corrected chi connectivity index (χ0v) is 15.8. The third-order valence-electron chi connectivity index (χ3n) is 3.79. The van der Waals surface area contributed by atoms with Crippen molar-refractivity contribution in [1.29, 1.82) is 0 Å². The molecule has 1 unspecified atom stereocenters. The predicted molar refractivity (Wildman–Crippen MR) is 104 cm³/mol. The zero-order valence-electron chi connectivity index (χ0n) is 14.1. The Balaban J connectivity index is 1.85. The Hall–Kier alpha value is -2.55. The van der Waals surface area contributed by atoms with E-state index in [2.05, 4.69) is 10.0 Å². The van der Waals surface area contributed by atoms with Gasteiger partial charge in [0.25, 0.3) is 10.0 Å². The summed E-state index contributed by atoms with van der Waals surface area (Å²) < 4.78 is 41.5. The van der Waals surface area contributed by atoms with Gasteiger partial charge < -0.3 is 5.32 Å². The molecule has 140 valence electrons. The van der Waals surface area contributed by atoms with E-state index in [0.29, 0.717) is 0 Å². The van der Waals surface area contributed by atoms with Crippen LogP contribution in [0.2, 0.25) is 0 Å². The van der Waals surface area contributed by atoms with Gasteiger partial charge in [-0.3, -0.25) is 4.79 Å². The fraction of sp³-hybridized carbons (Fsp3) is 0.105. The molecule has 0 aliphatic heterocycles. The van der Waals surface area contributed by atoms with Crippen molar-refractivity contribution < 1.29 is 17.6 Å². The number of sulfonamides is 1. The van der Waals surface area contributed by atoms with E-state index < -0.39 is 27.8 Å². The average molecular weight is 404 g/mol. The lowest BCUT2D eigenvalue weighted by Gasteiger charge is -2.18. The maximum Gasteiger partial charge on any atom is 0.250 e. The van der Waals surface area contributed by atoms with Crippen molar-refractivity contribution in [3.8, 4) is 0 Å². The lowest BCUT2D eigenvalue weighted by molar-refractivity contribution is -0.117. The van der Waals surface area contributed by atoms with Crippen LogP contribution in [0.3, 0.4) is 0 Å². The van der Waals surface area contributed by atoms with Crippen LogP contribution in [0.15, 0.2) is 76.3 Å². The first kappa shape index (κ1) is 19.2. The van der Waals surface area contributed by atoms with E-state index in [9.17, 15) is 17.6 Å². The van der Waals surface area contributed by atoms with Crippen LogP contribution in [0.5, 0.6) is 0 Å². The van der Waals surface area contributed by atoms with Crippen molar-refractivity contribution in [2.75, 3.05) is 5.32 Å². The number of amides is 1. The molecule has 1 aromatic heterocycles. The van der Waals surface area contributed by atoms with Crippen LogP contribution in [0.25, 0.3) is 0 Å². The number of rotatable bonds is 7. The highest BCUT2D eigenvalue weighted by molar-refractivity contribution is 7.91. The number of para-hydroxylation sites is 1. The number of benzene rings is 2. The van der Waals surface area contributed by atoms with Crippen LogP contribution in [0.1, 0.15) is 5.56 Å². The quantitative estimate of drug-likeness (QED) is 0.634. The molecule has 0 fully saturated rings. The monoisotopic (exact) mass is 404 g/mol. The normalized spacial score (nSPS) is 12.5. The van der Waals surface area contributed by atoms with Crippen molar-refractivity contribution >= 4 is 33.0 Å². The number of carbonyl (C=O) groups excluding carboxylic acids is 1. The average Bonchev–Trinajstić information content (AvgIpc) is 3.19. The molecule has 3 aromatic rings. The summed E-state index contributed by atoms with van der Waals surface area (Å²) in [6.45, 7) is 0. The fourth-order valence-electron chi connectivity index (χ4n) is 2.48. The number of anilines is 1. The van der Waals surface area contributed by atoms with Gasteiger partial charge in [0.1, 0.15) is 16.1 Å². The summed E-state index contributed by atoms with van der Waals surface area (Å²) in [4.78, 5) is 12.7. The molecule has 0 saturated carbocycles. The number of hydrogen-bond donors (Lipinski definition) is 2. The standard InChI is InChI=1S/C19H17FN2O3S2/c20-15-9-4-5-10-16(15)21-19(23)17(13-14-7-2-1-3-8-14)22-27(24,25)18-11-6-12-26-18/h1-12,17,22H,13H2,(H,21,23). The minimum atomic E-state index is -3.87. The van der Waals surface area contributed by atoms with Gasteiger partial charge in [0.2, 0.25) is 5.91 Å². The van der Waals surface area contributed by atoms with E-state index in [1.165, 1.54) is 24.3 Å². The number of carbonyl (C=O) groups is 1. The molecular formula is C19H17FN2O3S2. The van der Waals surface area contributed by atoms with Gasteiger partial charge in [-0.1, -0.05) is 48.5 Å². The van der Waals surface area contributed by atoms with Crippen LogP contribution in [-0.2, 0) is 21.2 Å². The van der Waals surface area contributed by atoms with E-state index in [0.717, 1.165) is 16.9 Å². The summed E-state index contributed by atoms with van der Waals surface area (Å²) in [7, 11) is -3.87. The molecule has 8 heteroatoms. The Kier molecular flexibility index (Phi) is 6.00. The molecule has 2 aromatic carbocycles. The highest BCUT2D eigenvalue weighted by Gasteiger charge is 2.27. The summed E-state index contributed by atoms with van der Waals surface area (Å²) in [5.41, 5.74) is 0.774. The fourth-order valence-corrected chi connectivity index (χ4v) is 4.69. The van der Waals surface area contributed by atoms with Gasteiger partial charge in [-0.05, 0) is 35.6 Å². The first-order valence-corrected chi connectivity index (χ1v) is 10.5. The van der Waals surface area contributed by atoms with Gasteiger partial charge in [-0.15, -0.1) is 11.3 Å². The predicted octanol–water partition coefficient (Wildman–Crippen LogP) is 3.42. The lowest BCUT2D eigenvalue weighted by atomic mass is 10.1. The van der Waals surface area contributed by atoms with Gasteiger partial charge in [0.05, 0.1) is 5.69 Å². The number of nitrogens with one attached hydrogen (secondary N) is 2. The molecule has 3 rings (SSSR count). The van der Waals surface area contributed by atoms with Gasteiger partial charge in [-0.25, -0.2) is 12.8 Å². The molecule has 0 saturated heterocycles. The van der Waals surface area contributed by atoms with Gasteiger partial charge in [0.15, 0.2) is 0 Å². The van der Waals surface area contributed by atoms with Crippen LogP contribution >= 0.6 is 11.3 Å². The summed E-state index contributed by atoms with van der Waals surface area (Å²) in [5, 5.41) is 4.10. The third-order valence-corrected chi connectivity index (χ3v) is 6.66. The van der Waals surface area contributed by atoms with Crippen molar-refractivity contribution in [2.24, 2.45) is 0 Å². The highest BCUT2D eigenvalue weighted by Crippen LogP contribution is 2.18. The highest BCUT2D eigenvalue weighted by atomic mass is 32.2. The van der Waals surface area contributed by atoms with Crippen molar-refractivity contribution in [3.63, 3.8) is 0 Å². The molecule has 5 nitrogen and oxygen atoms in total.